The molecule has 1 aliphatic rings. The quantitative estimate of drug-likeness (QED) is 0.776. The number of amides is 1. The van der Waals surface area contributed by atoms with E-state index in [9.17, 15) is 9.18 Å². The Bertz CT molecular complexity index is 989. The molecule has 8 heteroatoms. The number of aromatic nitrogens is 3. The summed E-state index contributed by atoms with van der Waals surface area (Å²) in [6.07, 6.45) is 2.30. The van der Waals surface area contributed by atoms with Gasteiger partial charge in [-0.1, -0.05) is 5.16 Å². The molecule has 1 amide bonds. The first-order chi connectivity index (χ1) is 12.5. The van der Waals surface area contributed by atoms with Gasteiger partial charge in [-0.25, -0.2) is 4.39 Å². The molecular weight excluding hydrogens is 337 g/mol. The SMILES string of the molecule is CC(=O)NC1(c2noc(C)n2)CCN(c2ccnc3cc(F)ccc23)C1. The summed E-state index contributed by atoms with van der Waals surface area (Å²) < 4.78 is 18.6. The van der Waals surface area contributed by atoms with Crippen molar-refractivity contribution in [3.8, 4) is 0 Å². The Morgan fingerprint density at radius 1 is 1.38 bits per heavy atom. The first-order valence-electron chi connectivity index (χ1n) is 8.36. The van der Waals surface area contributed by atoms with E-state index in [-0.39, 0.29) is 11.7 Å². The number of fused-ring (bicyclic) bond motifs is 1. The van der Waals surface area contributed by atoms with E-state index in [1.165, 1.54) is 19.1 Å². The number of carbonyl (C=O) groups excluding carboxylic acids is 1. The van der Waals surface area contributed by atoms with E-state index in [1.807, 2.05) is 6.07 Å². The summed E-state index contributed by atoms with van der Waals surface area (Å²) in [5.74, 6) is 0.444. The molecule has 134 valence electrons. The summed E-state index contributed by atoms with van der Waals surface area (Å²) in [7, 11) is 0. The third kappa shape index (κ3) is 2.77. The number of hydrogen-bond donors (Lipinski definition) is 1. The maximum Gasteiger partial charge on any atom is 0.223 e. The predicted octanol–water partition coefficient (Wildman–Crippen LogP) is 2.31. The highest BCUT2D eigenvalue weighted by Crippen LogP contribution is 2.36. The number of nitrogens with zero attached hydrogens (tertiary/aromatic N) is 4. The van der Waals surface area contributed by atoms with Crippen LogP contribution in [-0.4, -0.2) is 34.1 Å². The highest BCUT2D eigenvalue weighted by molar-refractivity contribution is 5.91. The molecule has 3 aromatic rings. The summed E-state index contributed by atoms with van der Waals surface area (Å²) in [6.45, 7) is 4.37. The van der Waals surface area contributed by atoms with Gasteiger partial charge in [0.2, 0.25) is 11.8 Å². The molecule has 0 aliphatic carbocycles. The van der Waals surface area contributed by atoms with E-state index in [0.717, 1.165) is 11.1 Å². The van der Waals surface area contributed by atoms with Crippen molar-refractivity contribution in [3.05, 3.63) is 48.0 Å². The number of rotatable bonds is 3. The average molecular weight is 355 g/mol. The summed E-state index contributed by atoms with van der Waals surface area (Å²) >= 11 is 0. The normalized spacial score (nSPS) is 19.9. The molecule has 4 rings (SSSR count). The fraction of sp³-hybridized carbons (Fsp3) is 0.333. The number of carbonyl (C=O) groups is 1. The zero-order valence-electron chi connectivity index (χ0n) is 14.5. The van der Waals surface area contributed by atoms with Gasteiger partial charge in [0.1, 0.15) is 11.4 Å². The average Bonchev–Trinajstić information content (AvgIpc) is 3.21. The standard InChI is InChI=1S/C18H18FN5O2/c1-11(25)22-18(17-21-12(2)26-23-17)6-8-24(10-18)16-5-7-20-15-9-13(19)3-4-14(15)16/h3-5,7,9H,6,8,10H2,1-2H3,(H,22,25). The lowest BCUT2D eigenvalue weighted by Gasteiger charge is -2.27. The molecule has 1 atom stereocenters. The summed E-state index contributed by atoms with van der Waals surface area (Å²) in [5.41, 5.74) is 0.802. The summed E-state index contributed by atoms with van der Waals surface area (Å²) in [4.78, 5) is 22.5. The lowest BCUT2D eigenvalue weighted by atomic mass is 9.97. The fourth-order valence-electron chi connectivity index (χ4n) is 3.57. The zero-order valence-corrected chi connectivity index (χ0v) is 14.5. The van der Waals surface area contributed by atoms with E-state index in [4.69, 9.17) is 4.52 Å². The summed E-state index contributed by atoms with van der Waals surface area (Å²) in [6, 6.07) is 6.46. The minimum Gasteiger partial charge on any atom is -0.368 e. The molecule has 1 N–H and O–H groups in total. The lowest BCUT2D eigenvalue weighted by molar-refractivity contribution is -0.120. The predicted molar refractivity (Wildman–Crippen MR) is 93.1 cm³/mol. The Morgan fingerprint density at radius 3 is 2.96 bits per heavy atom. The van der Waals surface area contributed by atoms with Crippen LogP contribution in [0.25, 0.3) is 10.9 Å². The van der Waals surface area contributed by atoms with Gasteiger partial charge in [-0.15, -0.1) is 0 Å². The number of pyridine rings is 1. The van der Waals surface area contributed by atoms with Crippen LogP contribution >= 0.6 is 0 Å². The first kappa shape index (κ1) is 16.4. The van der Waals surface area contributed by atoms with Crippen molar-refractivity contribution >= 4 is 22.5 Å². The zero-order chi connectivity index (χ0) is 18.3. The van der Waals surface area contributed by atoms with Gasteiger partial charge in [0.05, 0.1) is 5.52 Å². The molecule has 0 radical (unpaired) electrons. The second kappa shape index (κ2) is 6.05. The van der Waals surface area contributed by atoms with Gasteiger partial charge in [-0.2, -0.15) is 4.98 Å². The second-order valence-corrected chi connectivity index (χ2v) is 6.56. The maximum absolute atomic E-state index is 13.5. The Balaban J connectivity index is 1.73. The molecule has 0 spiro atoms. The van der Waals surface area contributed by atoms with Crippen LogP contribution in [0.3, 0.4) is 0 Å². The molecule has 1 aromatic carbocycles. The molecule has 3 heterocycles. The molecule has 0 bridgehead atoms. The van der Waals surface area contributed by atoms with Crippen molar-refractivity contribution in [1.82, 2.24) is 20.4 Å². The molecular formula is C18H18FN5O2. The molecule has 7 nitrogen and oxygen atoms in total. The van der Waals surface area contributed by atoms with Crippen molar-refractivity contribution < 1.29 is 13.7 Å². The van der Waals surface area contributed by atoms with E-state index in [1.54, 1.807) is 19.2 Å². The van der Waals surface area contributed by atoms with Gasteiger partial charge < -0.3 is 14.7 Å². The van der Waals surface area contributed by atoms with E-state index < -0.39 is 5.54 Å². The molecule has 1 fully saturated rings. The number of nitrogens with one attached hydrogen (secondary N) is 1. The molecule has 2 aromatic heterocycles. The minimum absolute atomic E-state index is 0.157. The van der Waals surface area contributed by atoms with Crippen LogP contribution in [0.15, 0.2) is 35.0 Å². The summed E-state index contributed by atoms with van der Waals surface area (Å²) in [5, 5.41) is 7.89. The Morgan fingerprint density at radius 2 is 2.23 bits per heavy atom. The number of anilines is 1. The highest BCUT2D eigenvalue weighted by atomic mass is 19.1. The molecule has 0 saturated carbocycles. The molecule has 1 unspecified atom stereocenters. The van der Waals surface area contributed by atoms with Crippen molar-refractivity contribution in [1.29, 1.82) is 0 Å². The minimum atomic E-state index is -0.723. The van der Waals surface area contributed by atoms with Crippen LogP contribution in [0, 0.1) is 12.7 Å². The molecule has 1 aliphatic heterocycles. The highest BCUT2D eigenvalue weighted by Gasteiger charge is 2.44. The lowest BCUT2D eigenvalue weighted by Crippen LogP contribution is -2.48. The Labute approximate surface area is 149 Å². The van der Waals surface area contributed by atoms with E-state index >= 15 is 0 Å². The van der Waals surface area contributed by atoms with Crippen LogP contribution in [0.4, 0.5) is 10.1 Å². The van der Waals surface area contributed by atoms with Crippen molar-refractivity contribution in [2.45, 2.75) is 25.8 Å². The van der Waals surface area contributed by atoms with Gasteiger partial charge in [0.25, 0.3) is 0 Å². The Hall–Kier alpha value is -3.03. The third-order valence-electron chi connectivity index (χ3n) is 4.66. The number of hydrogen-bond acceptors (Lipinski definition) is 6. The van der Waals surface area contributed by atoms with Crippen LogP contribution in [0.1, 0.15) is 25.1 Å². The van der Waals surface area contributed by atoms with Crippen molar-refractivity contribution in [3.63, 3.8) is 0 Å². The van der Waals surface area contributed by atoms with E-state index in [0.29, 0.717) is 36.7 Å². The largest absolute Gasteiger partial charge is 0.368 e. The second-order valence-electron chi connectivity index (χ2n) is 6.56. The maximum atomic E-state index is 13.5. The monoisotopic (exact) mass is 355 g/mol. The van der Waals surface area contributed by atoms with Crippen LogP contribution < -0.4 is 10.2 Å². The fourth-order valence-corrected chi connectivity index (χ4v) is 3.57. The van der Waals surface area contributed by atoms with Gasteiger partial charge in [0.15, 0.2) is 5.82 Å². The molecule has 1 saturated heterocycles. The number of halogens is 1. The number of aryl methyl sites for hydroxylation is 1. The smallest absolute Gasteiger partial charge is 0.223 e. The van der Waals surface area contributed by atoms with Crippen LogP contribution in [0.2, 0.25) is 0 Å². The molecule has 26 heavy (non-hydrogen) atoms. The topological polar surface area (TPSA) is 84.2 Å². The van der Waals surface area contributed by atoms with Gasteiger partial charge in [-0.3, -0.25) is 9.78 Å². The first-order valence-corrected chi connectivity index (χ1v) is 8.36. The third-order valence-corrected chi connectivity index (χ3v) is 4.66. The van der Waals surface area contributed by atoms with Crippen LogP contribution in [-0.2, 0) is 10.3 Å². The van der Waals surface area contributed by atoms with Gasteiger partial charge in [0, 0.05) is 50.3 Å². The van der Waals surface area contributed by atoms with Gasteiger partial charge >= 0.3 is 0 Å². The van der Waals surface area contributed by atoms with Crippen molar-refractivity contribution in [2.24, 2.45) is 0 Å². The van der Waals surface area contributed by atoms with Crippen molar-refractivity contribution in [2.75, 3.05) is 18.0 Å². The van der Waals surface area contributed by atoms with Crippen LogP contribution in [0.5, 0.6) is 0 Å². The van der Waals surface area contributed by atoms with Gasteiger partial charge in [-0.05, 0) is 24.6 Å². The van der Waals surface area contributed by atoms with E-state index in [2.05, 4.69) is 25.3 Å². The Kier molecular flexibility index (Phi) is 3.82. The number of benzene rings is 1.